The molecule has 1 aromatic rings. The van der Waals surface area contributed by atoms with Crippen LogP contribution in [-0.4, -0.2) is 56.3 Å². The molecule has 22 heavy (non-hydrogen) atoms. The first kappa shape index (κ1) is 15.3. The average molecular weight is 304 g/mol. The van der Waals surface area contributed by atoms with E-state index in [1.807, 2.05) is 18.2 Å². The van der Waals surface area contributed by atoms with Gasteiger partial charge in [0.15, 0.2) is 0 Å². The molecule has 0 radical (unpaired) electrons. The molecule has 1 fully saturated rings. The lowest BCUT2D eigenvalue weighted by atomic mass is 10.1. The number of benzene rings is 1. The highest BCUT2D eigenvalue weighted by Gasteiger charge is 2.22. The summed E-state index contributed by atoms with van der Waals surface area (Å²) in [5, 5.41) is 2.99. The standard InChI is InChI=1S/C17H24N2O3/c1-2-19-9-11-21-14(12-19)6-8-18-17(20)15-5-3-4-13-7-10-22-16(13)15/h3-5,14H,2,6-12H2,1H3,(H,18,20)/t14-/m1/s1. The van der Waals surface area contributed by atoms with Crippen LogP contribution >= 0.6 is 0 Å². The van der Waals surface area contributed by atoms with Gasteiger partial charge in [0.05, 0.1) is 24.9 Å². The van der Waals surface area contributed by atoms with Crippen molar-refractivity contribution in [2.24, 2.45) is 0 Å². The number of rotatable bonds is 5. The fraction of sp³-hybridized carbons (Fsp3) is 0.588. The zero-order valence-electron chi connectivity index (χ0n) is 13.1. The van der Waals surface area contributed by atoms with Crippen molar-refractivity contribution in [2.45, 2.75) is 25.9 Å². The molecule has 1 atom stereocenters. The van der Waals surface area contributed by atoms with E-state index in [0.29, 0.717) is 18.7 Å². The van der Waals surface area contributed by atoms with Crippen LogP contribution in [0.2, 0.25) is 0 Å². The van der Waals surface area contributed by atoms with Crippen LogP contribution < -0.4 is 10.1 Å². The molecule has 120 valence electrons. The van der Waals surface area contributed by atoms with Gasteiger partial charge in [-0.05, 0) is 24.6 Å². The van der Waals surface area contributed by atoms with E-state index < -0.39 is 0 Å². The van der Waals surface area contributed by atoms with Gasteiger partial charge in [-0.1, -0.05) is 19.1 Å². The Bertz CT molecular complexity index is 533. The van der Waals surface area contributed by atoms with Crippen LogP contribution in [-0.2, 0) is 11.2 Å². The summed E-state index contributed by atoms with van der Waals surface area (Å²) in [6.07, 6.45) is 1.95. The normalized spacial score (nSPS) is 21.2. The van der Waals surface area contributed by atoms with Gasteiger partial charge in [-0.25, -0.2) is 0 Å². The molecule has 1 N–H and O–H groups in total. The Balaban J connectivity index is 1.50. The van der Waals surface area contributed by atoms with E-state index in [4.69, 9.17) is 9.47 Å². The minimum absolute atomic E-state index is 0.0538. The van der Waals surface area contributed by atoms with Crippen LogP contribution in [0, 0.1) is 0 Å². The van der Waals surface area contributed by atoms with Crippen molar-refractivity contribution in [3.05, 3.63) is 29.3 Å². The van der Waals surface area contributed by atoms with Crippen molar-refractivity contribution in [1.29, 1.82) is 0 Å². The number of fused-ring (bicyclic) bond motifs is 1. The van der Waals surface area contributed by atoms with E-state index in [9.17, 15) is 4.79 Å². The predicted octanol–water partition coefficient (Wildman–Crippen LogP) is 1.46. The van der Waals surface area contributed by atoms with Gasteiger partial charge < -0.3 is 14.8 Å². The van der Waals surface area contributed by atoms with E-state index in [1.165, 1.54) is 0 Å². The third kappa shape index (κ3) is 3.42. The van der Waals surface area contributed by atoms with E-state index in [0.717, 1.165) is 50.4 Å². The molecule has 0 bridgehead atoms. The monoisotopic (exact) mass is 304 g/mol. The summed E-state index contributed by atoms with van der Waals surface area (Å²) in [5.41, 5.74) is 1.77. The summed E-state index contributed by atoms with van der Waals surface area (Å²) in [6, 6.07) is 5.77. The molecule has 1 aromatic carbocycles. The molecule has 3 rings (SSSR count). The number of nitrogens with one attached hydrogen (secondary N) is 1. The van der Waals surface area contributed by atoms with Gasteiger partial charge in [-0.3, -0.25) is 9.69 Å². The van der Waals surface area contributed by atoms with Crippen molar-refractivity contribution < 1.29 is 14.3 Å². The zero-order chi connectivity index (χ0) is 15.4. The highest BCUT2D eigenvalue weighted by Crippen LogP contribution is 2.29. The van der Waals surface area contributed by atoms with Gasteiger partial charge >= 0.3 is 0 Å². The number of ether oxygens (including phenoxy) is 2. The highest BCUT2D eigenvalue weighted by molar-refractivity contribution is 5.97. The molecule has 5 heteroatoms. The zero-order valence-corrected chi connectivity index (χ0v) is 13.1. The van der Waals surface area contributed by atoms with E-state index in [2.05, 4.69) is 17.1 Å². The van der Waals surface area contributed by atoms with Crippen molar-refractivity contribution in [2.75, 3.05) is 39.4 Å². The van der Waals surface area contributed by atoms with Crippen LogP contribution in [0.1, 0.15) is 29.3 Å². The molecular formula is C17H24N2O3. The van der Waals surface area contributed by atoms with Crippen LogP contribution in [0.5, 0.6) is 5.75 Å². The third-order valence-corrected chi connectivity index (χ3v) is 4.38. The fourth-order valence-electron chi connectivity index (χ4n) is 3.08. The Labute approximate surface area is 131 Å². The first-order valence-corrected chi connectivity index (χ1v) is 8.14. The lowest BCUT2D eigenvalue weighted by Gasteiger charge is -2.32. The second kappa shape index (κ2) is 7.11. The number of amides is 1. The van der Waals surface area contributed by atoms with Crippen LogP contribution in [0.25, 0.3) is 0 Å². The minimum Gasteiger partial charge on any atom is -0.492 e. The fourth-order valence-corrected chi connectivity index (χ4v) is 3.08. The molecule has 0 saturated carbocycles. The van der Waals surface area contributed by atoms with Gasteiger partial charge in [0, 0.05) is 26.1 Å². The Morgan fingerprint density at radius 1 is 1.41 bits per heavy atom. The Morgan fingerprint density at radius 3 is 3.18 bits per heavy atom. The number of hydrogen-bond donors (Lipinski definition) is 1. The van der Waals surface area contributed by atoms with Crippen molar-refractivity contribution >= 4 is 5.91 Å². The van der Waals surface area contributed by atoms with Crippen molar-refractivity contribution in [1.82, 2.24) is 10.2 Å². The maximum absolute atomic E-state index is 12.3. The second-order valence-corrected chi connectivity index (χ2v) is 5.82. The molecule has 0 unspecified atom stereocenters. The first-order chi connectivity index (χ1) is 10.8. The number of likely N-dealkylation sites (N-methyl/N-ethyl adjacent to an activating group) is 1. The largest absolute Gasteiger partial charge is 0.492 e. The molecule has 0 aliphatic carbocycles. The Kier molecular flexibility index (Phi) is 4.95. The molecule has 2 aliphatic rings. The van der Waals surface area contributed by atoms with Crippen molar-refractivity contribution in [3.63, 3.8) is 0 Å². The maximum Gasteiger partial charge on any atom is 0.255 e. The van der Waals surface area contributed by atoms with Gasteiger partial charge in [0.1, 0.15) is 5.75 Å². The summed E-state index contributed by atoms with van der Waals surface area (Å²) < 4.78 is 11.3. The third-order valence-electron chi connectivity index (χ3n) is 4.38. The topological polar surface area (TPSA) is 50.8 Å². The first-order valence-electron chi connectivity index (χ1n) is 8.14. The highest BCUT2D eigenvalue weighted by atomic mass is 16.5. The van der Waals surface area contributed by atoms with Gasteiger partial charge in [-0.2, -0.15) is 0 Å². The number of hydrogen-bond acceptors (Lipinski definition) is 4. The molecule has 1 amide bonds. The summed E-state index contributed by atoms with van der Waals surface area (Å²) in [4.78, 5) is 14.7. The number of nitrogens with zero attached hydrogens (tertiary/aromatic N) is 1. The Morgan fingerprint density at radius 2 is 2.32 bits per heavy atom. The lowest BCUT2D eigenvalue weighted by Crippen LogP contribution is -2.43. The lowest BCUT2D eigenvalue weighted by molar-refractivity contribution is -0.0296. The average Bonchev–Trinajstić information content (AvgIpc) is 3.03. The van der Waals surface area contributed by atoms with E-state index >= 15 is 0 Å². The second-order valence-electron chi connectivity index (χ2n) is 5.82. The van der Waals surface area contributed by atoms with Crippen LogP contribution in [0.4, 0.5) is 0 Å². The number of para-hydroxylation sites is 1. The minimum atomic E-state index is -0.0538. The summed E-state index contributed by atoms with van der Waals surface area (Å²) in [7, 11) is 0. The molecule has 1 saturated heterocycles. The van der Waals surface area contributed by atoms with E-state index in [1.54, 1.807) is 0 Å². The maximum atomic E-state index is 12.3. The smallest absolute Gasteiger partial charge is 0.255 e. The molecule has 2 aliphatic heterocycles. The number of morpholine rings is 1. The van der Waals surface area contributed by atoms with Crippen LogP contribution in [0.15, 0.2) is 18.2 Å². The quantitative estimate of drug-likeness (QED) is 0.895. The molecule has 0 aromatic heterocycles. The molecule has 5 nitrogen and oxygen atoms in total. The van der Waals surface area contributed by atoms with Gasteiger partial charge in [0.25, 0.3) is 5.91 Å². The van der Waals surface area contributed by atoms with E-state index in [-0.39, 0.29) is 12.0 Å². The summed E-state index contributed by atoms with van der Waals surface area (Å²) in [6.45, 7) is 7.27. The number of carbonyl (C=O) groups is 1. The predicted molar refractivity (Wildman–Crippen MR) is 84.4 cm³/mol. The molecule has 0 spiro atoms. The van der Waals surface area contributed by atoms with Crippen molar-refractivity contribution in [3.8, 4) is 5.75 Å². The molecule has 2 heterocycles. The van der Waals surface area contributed by atoms with Gasteiger partial charge in [-0.15, -0.1) is 0 Å². The summed E-state index contributed by atoms with van der Waals surface area (Å²) >= 11 is 0. The van der Waals surface area contributed by atoms with Crippen LogP contribution in [0.3, 0.4) is 0 Å². The molecular weight excluding hydrogens is 280 g/mol. The van der Waals surface area contributed by atoms with Gasteiger partial charge in [0.2, 0.25) is 0 Å². The number of carbonyl (C=O) groups excluding carboxylic acids is 1. The summed E-state index contributed by atoms with van der Waals surface area (Å²) in [5.74, 6) is 0.702. The Hall–Kier alpha value is -1.59. The SMILES string of the molecule is CCN1CCO[C@H](CCNC(=O)c2cccc3c2OCC3)C1.